The molecule has 2 rings (SSSR count). The molecule has 1 heterocycles. The van der Waals surface area contributed by atoms with E-state index in [1.807, 2.05) is 23.9 Å². The van der Waals surface area contributed by atoms with Gasteiger partial charge >= 0.3 is 0 Å². The van der Waals surface area contributed by atoms with Crippen molar-refractivity contribution in [1.29, 1.82) is 0 Å². The van der Waals surface area contributed by atoms with Crippen molar-refractivity contribution in [2.24, 2.45) is 5.73 Å². The molecule has 0 atom stereocenters. The standard InChI is InChI=1S/C15H22N4OS/c1-2-3-7-17-8-9-21-10-13-18-12-6-4-5-11(15(16)20)14(12)19-13/h4-6,17H,2-3,7-10H2,1H3,(H2,16,20)(H,18,19). The van der Waals surface area contributed by atoms with E-state index in [1.165, 1.54) is 12.8 Å². The van der Waals surface area contributed by atoms with Gasteiger partial charge in [-0.1, -0.05) is 19.4 Å². The third kappa shape index (κ3) is 4.47. The van der Waals surface area contributed by atoms with E-state index < -0.39 is 5.91 Å². The van der Waals surface area contributed by atoms with Gasteiger partial charge in [0.15, 0.2) is 0 Å². The fraction of sp³-hybridized carbons (Fsp3) is 0.467. The van der Waals surface area contributed by atoms with Crippen molar-refractivity contribution < 1.29 is 4.79 Å². The molecule has 0 aliphatic carbocycles. The van der Waals surface area contributed by atoms with Gasteiger partial charge in [0.2, 0.25) is 0 Å². The molecule has 0 bridgehead atoms. The third-order valence-corrected chi connectivity index (χ3v) is 4.17. The first-order valence-corrected chi connectivity index (χ1v) is 8.43. The van der Waals surface area contributed by atoms with Gasteiger partial charge in [-0.3, -0.25) is 4.79 Å². The summed E-state index contributed by atoms with van der Waals surface area (Å²) < 4.78 is 0. The molecule has 0 aliphatic heterocycles. The van der Waals surface area contributed by atoms with Crippen molar-refractivity contribution in [3.63, 3.8) is 0 Å². The van der Waals surface area contributed by atoms with Crippen LogP contribution in [0.1, 0.15) is 35.9 Å². The Morgan fingerprint density at radius 1 is 1.43 bits per heavy atom. The van der Waals surface area contributed by atoms with Gasteiger partial charge in [-0.2, -0.15) is 11.8 Å². The summed E-state index contributed by atoms with van der Waals surface area (Å²) in [6.07, 6.45) is 2.45. The molecule has 1 amide bonds. The van der Waals surface area contributed by atoms with Gasteiger partial charge < -0.3 is 16.0 Å². The van der Waals surface area contributed by atoms with Gasteiger partial charge in [-0.15, -0.1) is 0 Å². The molecule has 5 nitrogen and oxygen atoms in total. The molecule has 4 N–H and O–H groups in total. The maximum absolute atomic E-state index is 11.4. The number of fused-ring (bicyclic) bond motifs is 1. The molecule has 1 aromatic heterocycles. The molecule has 0 saturated heterocycles. The van der Waals surface area contributed by atoms with Crippen LogP contribution in [0.5, 0.6) is 0 Å². The number of primary amides is 1. The number of aromatic amines is 1. The number of rotatable bonds is 9. The third-order valence-electron chi connectivity index (χ3n) is 3.20. The second kappa shape index (κ2) is 8.05. The van der Waals surface area contributed by atoms with Crippen LogP contribution >= 0.6 is 11.8 Å². The first-order valence-electron chi connectivity index (χ1n) is 7.28. The number of imidazole rings is 1. The topological polar surface area (TPSA) is 83.8 Å². The lowest BCUT2D eigenvalue weighted by atomic mass is 10.2. The van der Waals surface area contributed by atoms with Crippen LogP contribution < -0.4 is 11.1 Å². The molecule has 0 fully saturated rings. The number of nitrogens with two attached hydrogens (primary N) is 1. The summed E-state index contributed by atoms with van der Waals surface area (Å²) in [6, 6.07) is 5.44. The van der Waals surface area contributed by atoms with Crippen molar-refractivity contribution in [2.75, 3.05) is 18.8 Å². The number of benzene rings is 1. The van der Waals surface area contributed by atoms with E-state index >= 15 is 0 Å². The Morgan fingerprint density at radius 3 is 3.05 bits per heavy atom. The lowest BCUT2D eigenvalue weighted by Crippen LogP contribution is -2.18. The SMILES string of the molecule is CCCCNCCSCc1nc2c(C(N)=O)cccc2[nH]1. The molecule has 0 aliphatic rings. The van der Waals surface area contributed by atoms with Gasteiger partial charge in [0.05, 0.1) is 16.8 Å². The minimum atomic E-state index is -0.438. The van der Waals surface area contributed by atoms with E-state index in [9.17, 15) is 4.79 Å². The first-order chi connectivity index (χ1) is 10.2. The van der Waals surface area contributed by atoms with Crippen molar-refractivity contribution in [2.45, 2.75) is 25.5 Å². The number of hydrogen-bond acceptors (Lipinski definition) is 4. The van der Waals surface area contributed by atoms with Gasteiger partial charge in [0, 0.05) is 12.3 Å². The number of amides is 1. The lowest BCUT2D eigenvalue weighted by Gasteiger charge is -2.02. The molecular weight excluding hydrogens is 284 g/mol. The van der Waals surface area contributed by atoms with Crippen LogP contribution in [0.2, 0.25) is 0 Å². The number of unbranched alkanes of at least 4 members (excludes halogenated alkanes) is 1. The number of hydrogen-bond donors (Lipinski definition) is 3. The minimum absolute atomic E-state index is 0.438. The number of aromatic nitrogens is 2. The van der Waals surface area contributed by atoms with E-state index in [0.717, 1.165) is 35.9 Å². The summed E-state index contributed by atoms with van der Waals surface area (Å²) in [5, 5.41) is 3.41. The molecule has 0 saturated carbocycles. The fourth-order valence-electron chi connectivity index (χ4n) is 2.09. The molecule has 21 heavy (non-hydrogen) atoms. The quantitative estimate of drug-likeness (QED) is 0.621. The summed E-state index contributed by atoms with van der Waals surface area (Å²) in [4.78, 5) is 19.1. The van der Waals surface area contributed by atoms with Crippen molar-refractivity contribution in [3.05, 3.63) is 29.6 Å². The second-order valence-corrected chi connectivity index (χ2v) is 6.01. The zero-order chi connectivity index (χ0) is 15.1. The van der Waals surface area contributed by atoms with Crippen molar-refractivity contribution in [3.8, 4) is 0 Å². The van der Waals surface area contributed by atoms with Crippen LogP contribution in [0.3, 0.4) is 0 Å². The number of carbonyl (C=O) groups is 1. The predicted octanol–water partition coefficient (Wildman–Crippen LogP) is 2.28. The van der Waals surface area contributed by atoms with Crippen LogP contribution in [0.25, 0.3) is 11.0 Å². The largest absolute Gasteiger partial charge is 0.366 e. The van der Waals surface area contributed by atoms with E-state index in [4.69, 9.17) is 5.73 Å². The Hall–Kier alpha value is -1.53. The molecule has 0 unspecified atom stereocenters. The summed E-state index contributed by atoms with van der Waals surface area (Å²) >= 11 is 1.82. The number of nitrogens with one attached hydrogen (secondary N) is 2. The summed E-state index contributed by atoms with van der Waals surface area (Å²) in [6.45, 7) is 4.29. The van der Waals surface area contributed by atoms with Gasteiger partial charge in [0.25, 0.3) is 5.91 Å². The van der Waals surface area contributed by atoms with E-state index in [2.05, 4.69) is 22.2 Å². The Kier molecular flexibility index (Phi) is 6.07. The summed E-state index contributed by atoms with van der Waals surface area (Å²) in [5.74, 6) is 2.30. The molecule has 0 radical (unpaired) electrons. The zero-order valence-electron chi connectivity index (χ0n) is 12.3. The Labute approximate surface area is 129 Å². The number of H-pyrrole nitrogens is 1. The minimum Gasteiger partial charge on any atom is -0.366 e. The highest BCUT2D eigenvalue weighted by Crippen LogP contribution is 2.18. The molecule has 1 aromatic carbocycles. The van der Waals surface area contributed by atoms with Gasteiger partial charge in [0.1, 0.15) is 11.3 Å². The fourth-order valence-corrected chi connectivity index (χ4v) is 2.85. The van der Waals surface area contributed by atoms with Gasteiger partial charge in [-0.05, 0) is 25.1 Å². The molecule has 2 aromatic rings. The van der Waals surface area contributed by atoms with Crippen LogP contribution in [-0.4, -0.2) is 34.7 Å². The highest BCUT2D eigenvalue weighted by Gasteiger charge is 2.10. The van der Waals surface area contributed by atoms with E-state index in [-0.39, 0.29) is 0 Å². The maximum Gasteiger partial charge on any atom is 0.250 e. The zero-order valence-corrected chi connectivity index (χ0v) is 13.1. The van der Waals surface area contributed by atoms with Crippen molar-refractivity contribution in [1.82, 2.24) is 15.3 Å². The lowest BCUT2D eigenvalue weighted by molar-refractivity contribution is 0.100. The van der Waals surface area contributed by atoms with Crippen LogP contribution in [-0.2, 0) is 5.75 Å². The number of nitrogens with zero attached hydrogens (tertiary/aromatic N) is 1. The first kappa shape index (κ1) is 15.9. The van der Waals surface area contributed by atoms with Gasteiger partial charge in [-0.25, -0.2) is 4.98 Å². The van der Waals surface area contributed by atoms with Crippen LogP contribution in [0.4, 0.5) is 0 Å². The highest BCUT2D eigenvalue weighted by atomic mass is 32.2. The Balaban J connectivity index is 1.86. The number of carbonyl (C=O) groups excluding carboxylic acids is 1. The average Bonchev–Trinajstić information content (AvgIpc) is 2.88. The molecule has 6 heteroatoms. The van der Waals surface area contributed by atoms with Crippen LogP contribution in [0.15, 0.2) is 18.2 Å². The summed E-state index contributed by atoms with van der Waals surface area (Å²) in [7, 11) is 0. The van der Waals surface area contributed by atoms with Crippen molar-refractivity contribution >= 4 is 28.7 Å². The number of para-hydroxylation sites is 1. The molecule has 114 valence electrons. The normalized spacial score (nSPS) is 11.1. The van der Waals surface area contributed by atoms with E-state index in [1.54, 1.807) is 6.07 Å². The van der Waals surface area contributed by atoms with Crippen LogP contribution in [0, 0.1) is 0 Å². The average molecular weight is 306 g/mol. The highest BCUT2D eigenvalue weighted by molar-refractivity contribution is 7.98. The summed E-state index contributed by atoms with van der Waals surface area (Å²) in [5.41, 5.74) is 7.37. The maximum atomic E-state index is 11.4. The monoisotopic (exact) mass is 306 g/mol. The second-order valence-electron chi connectivity index (χ2n) is 4.91. The molecular formula is C15H22N4OS. The van der Waals surface area contributed by atoms with E-state index in [0.29, 0.717) is 11.1 Å². The Morgan fingerprint density at radius 2 is 2.29 bits per heavy atom. The number of thioether (sulfide) groups is 1. The predicted molar refractivity (Wildman–Crippen MR) is 88.6 cm³/mol. The molecule has 0 spiro atoms. The Bertz CT molecular complexity index is 596. The smallest absolute Gasteiger partial charge is 0.250 e.